The molecule has 1 N–H and O–H groups in total. The highest BCUT2D eigenvalue weighted by Gasteiger charge is 2.28. The van der Waals surface area contributed by atoms with Crippen LogP contribution in [0.5, 0.6) is 0 Å². The topological polar surface area (TPSA) is 132 Å². The molecule has 0 amide bonds. The molecule has 0 saturated carbocycles. The Labute approximate surface area is 115 Å². The Hall–Kier alpha value is -2.82. The summed E-state index contributed by atoms with van der Waals surface area (Å²) in [6.45, 7) is 0. The van der Waals surface area contributed by atoms with E-state index in [9.17, 15) is 32.5 Å². The number of halogens is 1. The number of aromatic nitrogens is 2. The summed E-state index contributed by atoms with van der Waals surface area (Å²) in [5.41, 5.74) is -3.61. The van der Waals surface area contributed by atoms with Crippen molar-refractivity contribution in [3.8, 4) is 0 Å². The van der Waals surface area contributed by atoms with Gasteiger partial charge in [-0.3, -0.25) is 19.9 Å². The van der Waals surface area contributed by atoms with Gasteiger partial charge in [0.05, 0.1) is 11.1 Å². The maximum Gasteiger partial charge on any atom is 0.342 e. The van der Waals surface area contributed by atoms with E-state index in [0.29, 0.717) is 0 Å². The van der Waals surface area contributed by atoms with Gasteiger partial charge in [0.2, 0.25) is 5.82 Å². The lowest BCUT2D eigenvalue weighted by Crippen LogP contribution is -2.35. The van der Waals surface area contributed by atoms with Gasteiger partial charge >= 0.3 is 5.69 Å². The van der Waals surface area contributed by atoms with E-state index in [0.717, 1.165) is 12.1 Å². The Kier molecular flexibility index (Phi) is 3.43. The number of H-pyrrole nitrogens is 1. The molecule has 0 spiro atoms. The lowest BCUT2D eigenvalue weighted by Gasteiger charge is -2.07. The molecule has 0 aliphatic heterocycles. The van der Waals surface area contributed by atoms with Crippen LogP contribution in [-0.2, 0) is 10.0 Å². The molecule has 1 aromatic carbocycles. The average molecular weight is 315 g/mol. The lowest BCUT2D eigenvalue weighted by molar-refractivity contribution is -0.387. The minimum absolute atomic E-state index is 0.105. The number of para-hydroxylation sites is 1. The van der Waals surface area contributed by atoms with Gasteiger partial charge in [-0.2, -0.15) is 8.36 Å². The molecule has 2 rings (SSSR count). The number of nitrogens with one attached hydrogen (secondary N) is 1. The molecular formula is C10H6FN3O6S. The van der Waals surface area contributed by atoms with Crippen LogP contribution in [0.15, 0.2) is 44.9 Å². The Balaban J connectivity index is 2.81. The molecule has 0 atom stereocenters. The first kappa shape index (κ1) is 14.6. The van der Waals surface area contributed by atoms with Crippen LogP contribution >= 0.6 is 0 Å². The van der Waals surface area contributed by atoms with Crippen LogP contribution in [0.4, 0.5) is 10.1 Å². The Morgan fingerprint density at radius 3 is 2.48 bits per heavy atom. The predicted molar refractivity (Wildman–Crippen MR) is 67.0 cm³/mol. The third-order valence-corrected chi connectivity index (χ3v) is 4.16. The predicted octanol–water partition coefficient (Wildman–Crippen LogP) is -0.179. The first-order chi connectivity index (χ1) is 9.75. The summed E-state index contributed by atoms with van der Waals surface area (Å²) in [5, 5.41) is 10.8. The molecule has 1 heterocycles. The molecule has 1 aromatic heterocycles. The lowest BCUT2D eigenvalue weighted by atomic mass is 10.3. The molecule has 0 saturated heterocycles. The molecule has 2 aromatic rings. The van der Waals surface area contributed by atoms with Crippen molar-refractivity contribution in [3.63, 3.8) is 0 Å². The summed E-state index contributed by atoms with van der Waals surface area (Å²) in [7, 11) is -4.73. The molecule has 11 heteroatoms. The number of benzene rings is 1. The van der Waals surface area contributed by atoms with E-state index in [2.05, 4.69) is 0 Å². The molecule has 0 unspecified atom stereocenters. The van der Waals surface area contributed by atoms with Crippen molar-refractivity contribution in [2.75, 3.05) is 0 Å². The van der Waals surface area contributed by atoms with Gasteiger partial charge in [-0.1, -0.05) is 12.1 Å². The highest BCUT2D eigenvalue weighted by atomic mass is 32.2. The van der Waals surface area contributed by atoms with Crippen LogP contribution in [0.2, 0.25) is 0 Å². The van der Waals surface area contributed by atoms with E-state index >= 15 is 0 Å². The number of hydrogen-bond donors (Lipinski definition) is 1. The number of nitrogens with zero attached hydrogens (tertiary/aromatic N) is 2. The van der Waals surface area contributed by atoms with Crippen molar-refractivity contribution in [2.24, 2.45) is 0 Å². The van der Waals surface area contributed by atoms with E-state index < -0.39 is 42.6 Å². The number of rotatable bonds is 3. The summed E-state index contributed by atoms with van der Waals surface area (Å²) in [6, 6.07) is 4.24. The average Bonchev–Trinajstić information content (AvgIpc) is 2.42. The summed E-state index contributed by atoms with van der Waals surface area (Å²) in [4.78, 5) is 32.9. The Bertz CT molecular complexity index is 946. The van der Waals surface area contributed by atoms with E-state index in [1.165, 1.54) is 17.1 Å². The normalized spacial score (nSPS) is 11.3. The number of hydrogen-bond acceptors (Lipinski definition) is 6. The second-order valence-electron chi connectivity index (χ2n) is 3.76. The number of aromatic amines is 1. The fourth-order valence-electron chi connectivity index (χ4n) is 1.54. The molecule has 0 radical (unpaired) electrons. The number of nitro benzene ring substituents is 1. The largest absolute Gasteiger partial charge is 0.342 e. The van der Waals surface area contributed by atoms with Crippen LogP contribution < -0.4 is 11.2 Å². The van der Waals surface area contributed by atoms with Crippen LogP contribution in [0.3, 0.4) is 0 Å². The summed E-state index contributed by atoms with van der Waals surface area (Å²) in [5.74, 6) is -1.52. The highest BCUT2D eigenvalue weighted by molar-refractivity contribution is 7.90. The molecular weight excluding hydrogens is 309 g/mol. The van der Waals surface area contributed by atoms with Crippen molar-refractivity contribution in [1.29, 1.82) is 0 Å². The van der Waals surface area contributed by atoms with E-state index in [4.69, 9.17) is 0 Å². The molecule has 0 aliphatic carbocycles. The van der Waals surface area contributed by atoms with Crippen LogP contribution in [0.25, 0.3) is 0 Å². The molecule has 21 heavy (non-hydrogen) atoms. The quantitative estimate of drug-likeness (QED) is 0.617. The smallest absolute Gasteiger partial charge is 0.271 e. The van der Waals surface area contributed by atoms with Gasteiger partial charge in [-0.05, 0) is 6.07 Å². The van der Waals surface area contributed by atoms with Gasteiger partial charge in [0.15, 0.2) is 4.90 Å². The Morgan fingerprint density at radius 1 is 1.24 bits per heavy atom. The van der Waals surface area contributed by atoms with E-state index in [1.807, 2.05) is 0 Å². The second kappa shape index (κ2) is 4.94. The fraction of sp³-hybridized carbons (Fsp3) is 0. The van der Waals surface area contributed by atoms with E-state index in [-0.39, 0.29) is 10.2 Å². The van der Waals surface area contributed by atoms with Gasteiger partial charge in [-0.25, -0.2) is 13.2 Å². The van der Waals surface area contributed by atoms with Gasteiger partial charge in [0, 0.05) is 6.07 Å². The minimum atomic E-state index is -4.73. The van der Waals surface area contributed by atoms with Crippen LogP contribution in [0, 0.1) is 15.9 Å². The number of nitro groups is 1. The van der Waals surface area contributed by atoms with Crippen LogP contribution in [0.1, 0.15) is 0 Å². The summed E-state index contributed by atoms with van der Waals surface area (Å²) in [6.07, 6.45) is 0.160. The molecule has 110 valence electrons. The van der Waals surface area contributed by atoms with Gasteiger partial charge < -0.3 is 0 Å². The highest BCUT2D eigenvalue weighted by Crippen LogP contribution is 2.24. The first-order valence-corrected chi connectivity index (χ1v) is 6.69. The zero-order valence-corrected chi connectivity index (χ0v) is 10.8. The van der Waals surface area contributed by atoms with Crippen molar-refractivity contribution >= 4 is 15.7 Å². The summed E-state index contributed by atoms with van der Waals surface area (Å²) < 4.78 is 37.5. The summed E-state index contributed by atoms with van der Waals surface area (Å²) >= 11 is 0. The molecule has 0 aliphatic rings. The van der Waals surface area contributed by atoms with Crippen molar-refractivity contribution in [2.45, 2.75) is 4.90 Å². The molecule has 0 bridgehead atoms. The third-order valence-electron chi connectivity index (χ3n) is 2.47. The zero-order valence-electron chi connectivity index (χ0n) is 10.0. The second-order valence-corrected chi connectivity index (χ2v) is 5.55. The van der Waals surface area contributed by atoms with Crippen molar-refractivity contribution in [3.05, 3.63) is 67.2 Å². The zero-order chi connectivity index (χ0) is 15.8. The molecule has 0 fully saturated rings. The third kappa shape index (κ3) is 2.45. The fourth-order valence-corrected chi connectivity index (χ4v) is 2.91. The maximum atomic E-state index is 13.2. The minimum Gasteiger partial charge on any atom is -0.271 e. The van der Waals surface area contributed by atoms with Crippen molar-refractivity contribution < 1.29 is 17.7 Å². The standard InChI is InChI=1S/C10H6FN3O6S/c11-6-5-13(10(16)12-9(6)15)21(19,20)8-4-2-1-3-7(8)14(17)18/h1-5H,(H,12,15,16). The van der Waals surface area contributed by atoms with Gasteiger partial charge in [0.1, 0.15) is 0 Å². The molecule has 9 nitrogen and oxygen atoms in total. The maximum absolute atomic E-state index is 13.2. The SMILES string of the molecule is O=c1[nH]c(=O)n(S(=O)(=O)c2ccccc2[N+](=O)[O-])cc1F. The van der Waals surface area contributed by atoms with Crippen LogP contribution in [-0.4, -0.2) is 22.3 Å². The Morgan fingerprint density at radius 2 is 1.86 bits per heavy atom. The first-order valence-electron chi connectivity index (χ1n) is 5.25. The van der Waals surface area contributed by atoms with Crippen molar-refractivity contribution in [1.82, 2.24) is 8.96 Å². The van der Waals surface area contributed by atoms with Gasteiger partial charge in [0.25, 0.3) is 21.3 Å². The van der Waals surface area contributed by atoms with Gasteiger partial charge in [-0.15, -0.1) is 0 Å². The monoisotopic (exact) mass is 315 g/mol. The van der Waals surface area contributed by atoms with E-state index in [1.54, 1.807) is 0 Å².